The number of carbonyl (C=O) groups is 2. The molecule has 2 aromatic rings. The molecule has 0 aliphatic carbocycles. The zero-order chi connectivity index (χ0) is 24.6. The molecule has 0 fully saturated rings. The van der Waals surface area contributed by atoms with Gasteiger partial charge in [-0.3, -0.25) is 9.59 Å². The van der Waals surface area contributed by atoms with Gasteiger partial charge >= 0.3 is 12.1 Å². The number of aliphatic carboxylic acids is 1. The molecule has 2 rings (SSSR count). The van der Waals surface area contributed by atoms with Crippen LogP contribution in [0.5, 0.6) is 5.75 Å². The third-order valence-corrected chi connectivity index (χ3v) is 5.18. The number of benzene rings is 2. The molecule has 0 saturated carbocycles. The number of carbonyl (C=O) groups excluding carboxylic acids is 1. The molecule has 0 unspecified atom stereocenters. The summed E-state index contributed by atoms with van der Waals surface area (Å²) in [7, 11) is 0. The van der Waals surface area contributed by atoms with E-state index in [-0.39, 0.29) is 19.0 Å². The lowest BCUT2D eigenvalue weighted by Gasteiger charge is -2.16. The standard InChI is InChI=1S/C24H27F4NO4/c1-3-5-10-33-21-9-6-15(11-16(4-2)23(31)32)12-17(21)14-29-22(30)19-8-7-18(13-20(19)25)24(26,27)28/h6-9,12-13,16H,3-5,10-11,14H2,1-2H3,(H,29,30)(H,31,32)/t16-/m0/s1. The number of alkyl halides is 3. The molecule has 0 saturated heterocycles. The van der Waals surface area contributed by atoms with Crippen LogP contribution in [0.4, 0.5) is 17.6 Å². The van der Waals surface area contributed by atoms with Gasteiger partial charge < -0.3 is 15.2 Å². The van der Waals surface area contributed by atoms with Crippen LogP contribution in [0.25, 0.3) is 0 Å². The van der Waals surface area contributed by atoms with Crippen LogP contribution in [0, 0.1) is 11.7 Å². The highest BCUT2D eigenvalue weighted by atomic mass is 19.4. The Morgan fingerprint density at radius 3 is 2.42 bits per heavy atom. The summed E-state index contributed by atoms with van der Waals surface area (Å²) >= 11 is 0. The van der Waals surface area contributed by atoms with E-state index < -0.39 is 40.9 Å². The van der Waals surface area contributed by atoms with Gasteiger partial charge in [-0.2, -0.15) is 13.2 Å². The van der Waals surface area contributed by atoms with Crippen molar-refractivity contribution < 1.29 is 37.0 Å². The first-order valence-corrected chi connectivity index (χ1v) is 10.7. The molecule has 0 radical (unpaired) electrons. The molecule has 0 aromatic heterocycles. The Hall–Kier alpha value is -3.10. The van der Waals surface area contributed by atoms with Crippen LogP contribution < -0.4 is 10.1 Å². The molecule has 1 atom stereocenters. The molecule has 1 amide bonds. The lowest BCUT2D eigenvalue weighted by atomic mass is 9.95. The van der Waals surface area contributed by atoms with E-state index in [0.717, 1.165) is 24.5 Å². The number of halogens is 4. The molecule has 2 aromatic carbocycles. The monoisotopic (exact) mass is 469 g/mol. The van der Waals surface area contributed by atoms with Crippen molar-refractivity contribution in [1.29, 1.82) is 0 Å². The summed E-state index contributed by atoms with van der Waals surface area (Å²) in [5.74, 6) is -3.14. The van der Waals surface area contributed by atoms with Gasteiger partial charge in [-0.05, 0) is 49.1 Å². The second-order valence-electron chi connectivity index (χ2n) is 7.67. The lowest BCUT2D eigenvalue weighted by molar-refractivity contribution is -0.141. The first-order chi connectivity index (χ1) is 15.6. The Labute approximate surface area is 189 Å². The third-order valence-electron chi connectivity index (χ3n) is 5.18. The van der Waals surface area contributed by atoms with Crippen molar-refractivity contribution in [3.63, 3.8) is 0 Å². The van der Waals surface area contributed by atoms with E-state index in [2.05, 4.69) is 5.32 Å². The van der Waals surface area contributed by atoms with Crippen LogP contribution >= 0.6 is 0 Å². The van der Waals surface area contributed by atoms with Crippen LogP contribution in [0.3, 0.4) is 0 Å². The zero-order valence-corrected chi connectivity index (χ0v) is 18.5. The topological polar surface area (TPSA) is 75.6 Å². The van der Waals surface area contributed by atoms with Crippen LogP contribution in [0.15, 0.2) is 36.4 Å². The van der Waals surface area contributed by atoms with E-state index in [0.29, 0.717) is 30.4 Å². The maximum atomic E-state index is 14.1. The number of carboxylic acid groups (broad SMARTS) is 1. The summed E-state index contributed by atoms with van der Waals surface area (Å²) in [6.45, 7) is 4.15. The Kier molecular flexibility index (Phi) is 9.25. The van der Waals surface area contributed by atoms with Crippen molar-refractivity contribution in [2.45, 2.75) is 52.3 Å². The number of unbranched alkanes of at least 4 members (excludes halogenated alkanes) is 1. The minimum atomic E-state index is -4.71. The number of carboxylic acids is 1. The Balaban J connectivity index is 2.21. The van der Waals surface area contributed by atoms with Crippen LogP contribution in [-0.4, -0.2) is 23.6 Å². The highest BCUT2D eigenvalue weighted by Gasteiger charge is 2.31. The third kappa shape index (κ3) is 7.47. The second kappa shape index (κ2) is 11.7. The molecule has 0 aliphatic heterocycles. The number of hydrogen-bond acceptors (Lipinski definition) is 3. The van der Waals surface area contributed by atoms with Gasteiger partial charge in [0.15, 0.2) is 0 Å². The SMILES string of the molecule is CCCCOc1ccc(C[C@H](CC)C(=O)O)cc1CNC(=O)c1ccc(C(F)(F)F)cc1F. The largest absolute Gasteiger partial charge is 0.493 e. The summed E-state index contributed by atoms with van der Waals surface area (Å²) in [4.78, 5) is 23.8. The minimum absolute atomic E-state index is 0.0710. The summed E-state index contributed by atoms with van der Waals surface area (Å²) in [5.41, 5.74) is -0.397. The summed E-state index contributed by atoms with van der Waals surface area (Å²) in [6, 6.07) is 6.89. The van der Waals surface area contributed by atoms with E-state index in [1.807, 2.05) is 6.92 Å². The van der Waals surface area contributed by atoms with E-state index in [1.165, 1.54) is 0 Å². The Morgan fingerprint density at radius 1 is 1.12 bits per heavy atom. The first kappa shape index (κ1) is 26.2. The molecule has 5 nitrogen and oxygen atoms in total. The molecule has 0 aliphatic rings. The molecule has 2 N–H and O–H groups in total. The quantitative estimate of drug-likeness (QED) is 0.332. The minimum Gasteiger partial charge on any atom is -0.493 e. The van der Waals surface area contributed by atoms with E-state index >= 15 is 0 Å². The van der Waals surface area contributed by atoms with Crippen molar-refractivity contribution in [3.8, 4) is 5.75 Å². The van der Waals surface area contributed by atoms with Gasteiger partial charge in [0.25, 0.3) is 5.91 Å². The Bertz CT molecular complexity index is 975. The number of hydrogen-bond donors (Lipinski definition) is 2. The van der Waals surface area contributed by atoms with Crippen molar-refractivity contribution >= 4 is 11.9 Å². The first-order valence-electron chi connectivity index (χ1n) is 10.7. The average Bonchev–Trinajstić information content (AvgIpc) is 2.76. The number of rotatable bonds is 11. The van der Waals surface area contributed by atoms with Gasteiger partial charge in [-0.25, -0.2) is 4.39 Å². The zero-order valence-electron chi connectivity index (χ0n) is 18.5. The molecule has 180 valence electrons. The predicted molar refractivity (Wildman–Crippen MR) is 115 cm³/mol. The maximum absolute atomic E-state index is 14.1. The van der Waals surface area contributed by atoms with Gasteiger partial charge in [0.1, 0.15) is 11.6 Å². The van der Waals surface area contributed by atoms with E-state index in [1.54, 1.807) is 25.1 Å². The van der Waals surface area contributed by atoms with Gasteiger partial charge in [-0.15, -0.1) is 0 Å². The fraction of sp³-hybridized carbons (Fsp3) is 0.417. The number of amides is 1. The van der Waals surface area contributed by atoms with Gasteiger partial charge in [0.2, 0.25) is 0 Å². The highest BCUT2D eigenvalue weighted by Crippen LogP contribution is 2.30. The fourth-order valence-corrected chi connectivity index (χ4v) is 3.20. The lowest BCUT2D eigenvalue weighted by Crippen LogP contribution is -2.24. The predicted octanol–water partition coefficient (Wildman–Crippen LogP) is 5.61. The smallest absolute Gasteiger partial charge is 0.416 e. The summed E-state index contributed by atoms with van der Waals surface area (Å²) in [5, 5.41) is 11.8. The molecular weight excluding hydrogens is 442 g/mol. The van der Waals surface area contributed by atoms with Crippen LogP contribution in [0.2, 0.25) is 0 Å². The normalized spacial score (nSPS) is 12.3. The summed E-state index contributed by atoms with van der Waals surface area (Å²) < 4.78 is 58.1. The van der Waals surface area contributed by atoms with Gasteiger partial charge in [0.05, 0.1) is 23.7 Å². The van der Waals surface area contributed by atoms with Crippen LogP contribution in [-0.2, 0) is 23.9 Å². The average molecular weight is 469 g/mol. The molecule has 9 heteroatoms. The van der Waals surface area contributed by atoms with Gasteiger partial charge in [0, 0.05) is 12.1 Å². The van der Waals surface area contributed by atoms with Crippen LogP contribution in [0.1, 0.15) is 60.2 Å². The molecule has 33 heavy (non-hydrogen) atoms. The van der Waals surface area contributed by atoms with Gasteiger partial charge in [-0.1, -0.05) is 32.4 Å². The molecule has 0 bridgehead atoms. The van der Waals surface area contributed by atoms with E-state index in [4.69, 9.17) is 4.74 Å². The fourth-order valence-electron chi connectivity index (χ4n) is 3.20. The maximum Gasteiger partial charge on any atom is 0.416 e. The van der Waals surface area contributed by atoms with Crippen molar-refractivity contribution in [2.75, 3.05) is 6.61 Å². The van der Waals surface area contributed by atoms with E-state index in [9.17, 15) is 32.3 Å². The highest BCUT2D eigenvalue weighted by molar-refractivity contribution is 5.94. The molecular formula is C24H27F4NO4. The van der Waals surface area contributed by atoms with Crippen molar-refractivity contribution in [1.82, 2.24) is 5.32 Å². The number of ether oxygens (including phenoxy) is 1. The van der Waals surface area contributed by atoms with Crippen molar-refractivity contribution in [3.05, 3.63) is 64.5 Å². The van der Waals surface area contributed by atoms with Crippen molar-refractivity contribution in [2.24, 2.45) is 5.92 Å². The Morgan fingerprint density at radius 2 is 1.85 bits per heavy atom. The molecule has 0 heterocycles. The molecule has 0 spiro atoms. The number of nitrogens with one attached hydrogen (secondary N) is 1. The summed E-state index contributed by atoms with van der Waals surface area (Å²) in [6.07, 6.45) is -2.26. The second-order valence-corrected chi connectivity index (χ2v) is 7.67.